The molecule has 0 aliphatic carbocycles. The number of hydrogen-bond donors (Lipinski definition) is 1. The number of azide groups is 1. The van der Waals surface area contributed by atoms with Crippen molar-refractivity contribution in [3.8, 4) is 5.75 Å². The number of rotatable bonds is 7. The normalized spacial score (nSPS) is 11.4. The van der Waals surface area contributed by atoms with Gasteiger partial charge in [0.05, 0.1) is 6.10 Å². The van der Waals surface area contributed by atoms with Crippen molar-refractivity contribution >= 4 is 0 Å². The second-order valence-electron chi connectivity index (χ2n) is 4.07. The molecule has 0 saturated heterocycles. The fourth-order valence-corrected chi connectivity index (χ4v) is 1.38. The van der Waals surface area contributed by atoms with E-state index in [1.807, 2.05) is 6.92 Å². The summed E-state index contributed by atoms with van der Waals surface area (Å²) < 4.78 is 5.45. The molecule has 0 bridgehead atoms. The summed E-state index contributed by atoms with van der Waals surface area (Å²) in [6.07, 6.45) is -0.207. The smallest absolute Gasteiger partial charge is 0.119 e. The Labute approximate surface area is 106 Å². The standard InChI is InChI=1S/C13H17N3O2/c1-10(2)9-18-12-5-3-11(4-6-12)13(17)7-8-15-16-14/h3-6,13,17H,1,7-9H2,2H3. The van der Waals surface area contributed by atoms with Gasteiger partial charge in [-0.05, 0) is 42.1 Å². The molecule has 18 heavy (non-hydrogen) atoms. The number of nitrogens with zero attached hydrogens (tertiary/aromatic N) is 3. The average molecular weight is 247 g/mol. The molecule has 1 N–H and O–H groups in total. The number of ether oxygens (including phenoxy) is 1. The molecule has 1 atom stereocenters. The van der Waals surface area contributed by atoms with E-state index in [1.165, 1.54) is 0 Å². The zero-order valence-corrected chi connectivity index (χ0v) is 10.4. The first-order valence-corrected chi connectivity index (χ1v) is 5.69. The van der Waals surface area contributed by atoms with Crippen molar-refractivity contribution in [2.24, 2.45) is 5.11 Å². The average Bonchev–Trinajstić information content (AvgIpc) is 2.37. The summed E-state index contributed by atoms with van der Waals surface area (Å²) in [6.45, 7) is 6.42. The second kappa shape index (κ2) is 7.37. The minimum atomic E-state index is -0.620. The highest BCUT2D eigenvalue weighted by Gasteiger charge is 2.06. The summed E-state index contributed by atoms with van der Waals surface area (Å²) in [5, 5.41) is 13.2. The highest BCUT2D eigenvalue weighted by molar-refractivity contribution is 5.28. The van der Waals surface area contributed by atoms with Crippen LogP contribution >= 0.6 is 0 Å². The van der Waals surface area contributed by atoms with Gasteiger partial charge in [-0.2, -0.15) is 0 Å². The summed E-state index contributed by atoms with van der Waals surface area (Å²) in [4.78, 5) is 2.64. The van der Waals surface area contributed by atoms with Crippen molar-refractivity contribution in [2.45, 2.75) is 19.4 Å². The van der Waals surface area contributed by atoms with Crippen LogP contribution < -0.4 is 4.74 Å². The minimum Gasteiger partial charge on any atom is -0.489 e. The Kier molecular flexibility index (Phi) is 5.77. The molecule has 0 spiro atoms. The fourth-order valence-electron chi connectivity index (χ4n) is 1.38. The van der Waals surface area contributed by atoms with Crippen LogP contribution in [0.1, 0.15) is 25.0 Å². The Morgan fingerprint density at radius 2 is 2.17 bits per heavy atom. The van der Waals surface area contributed by atoms with Crippen LogP contribution in [0.5, 0.6) is 5.75 Å². The van der Waals surface area contributed by atoms with Crippen molar-refractivity contribution in [3.63, 3.8) is 0 Å². The van der Waals surface area contributed by atoms with E-state index in [4.69, 9.17) is 10.3 Å². The minimum absolute atomic E-state index is 0.283. The molecule has 96 valence electrons. The van der Waals surface area contributed by atoms with Crippen LogP contribution in [-0.2, 0) is 0 Å². The molecular weight excluding hydrogens is 230 g/mol. The van der Waals surface area contributed by atoms with E-state index in [0.717, 1.165) is 16.9 Å². The van der Waals surface area contributed by atoms with Crippen molar-refractivity contribution in [3.05, 3.63) is 52.4 Å². The van der Waals surface area contributed by atoms with Gasteiger partial charge >= 0.3 is 0 Å². The van der Waals surface area contributed by atoms with E-state index in [9.17, 15) is 5.11 Å². The van der Waals surface area contributed by atoms with Crippen LogP contribution in [0.3, 0.4) is 0 Å². The molecule has 0 saturated carbocycles. The van der Waals surface area contributed by atoms with E-state index in [0.29, 0.717) is 13.0 Å². The maximum atomic E-state index is 9.82. The summed E-state index contributed by atoms with van der Waals surface area (Å²) in [7, 11) is 0. The van der Waals surface area contributed by atoms with Crippen LogP contribution in [0.25, 0.3) is 10.4 Å². The predicted molar refractivity (Wildman–Crippen MR) is 70.3 cm³/mol. The first kappa shape index (κ1) is 14.1. The third-order valence-corrected chi connectivity index (χ3v) is 2.32. The van der Waals surface area contributed by atoms with Crippen LogP contribution in [0.2, 0.25) is 0 Å². The van der Waals surface area contributed by atoms with Gasteiger partial charge in [0, 0.05) is 11.5 Å². The quantitative estimate of drug-likeness (QED) is 0.347. The summed E-state index contributed by atoms with van der Waals surface area (Å²) in [5.41, 5.74) is 9.88. The first-order valence-electron chi connectivity index (χ1n) is 5.69. The Morgan fingerprint density at radius 1 is 1.50 bits per heavy atom. The molecular formula is C13H17N3O2. The van der Waals surface area contributed by atoms with E-state index in [2.05, 4.69) is 16.6 Å². The van der Waals surface area contributed by atoms with Crippen LogP contribution in [0.4, 0.5) is 0 Å². The lowest BCUT2D eigenvalue weighted by molar-refractivity contribution is 0.170. The molecule has 0 aliphatic rings. The van der Waals surface area contributed by atoms with E-state index >= 15 is 0 Å². The van der Waals surface area contributed by atoms with Gasteiger partial charge in [-0.25, -0.2) is 0 Å². The third kappa shape index (κ3) is 4.91. The third-order valence-electron chi connectivity index (χ3n) is 2.32. The second-order valence-corrected chi connectivity index (χ2v) is 4.07. The van der Waals surface area contributed by atoms with Gasteiger partial charge in [-0.3, -0.25) is 0 Å². The van der Waals surface area contributed by atoms with Gasteiger partial charge in [0.1, 0.15) is 12.4 Å². The fraction of sp³-hybridized carbons (Fsp3) is 0.385. The molecule has 0 radical (unpaired) electrons. The van der Waals surface area contributed by atoms with Gasteiger partial charge in [0.15, 0.2) is 0 Å². The first-order chi connectivity index (χ1) is 8.63. The monoisotopic (exact) mass is 247 g/mol. The van der Waals surface area contributed by atoms with Crippen LogP contribution in [0.15, 0.2) is 41.5 Å². The van der Waals surface area contributed by atoms with Gasteiger partial charge in [0.25, 0.3) is 0 Å². The molecule has 1 aromatic carbocycles. The number of aliphatic hydroxyl groups excluding tert-OH is 1. The van der Waals surface area contributed by atoms with Crippen LogP contribution in [0, 0.1) is 0 Å². The molecule has 0 aromatic heterocycles. The molecule has 1 rings (SSSR count). The number of hydrogen-bond acceptors (Lipinski definition) is 3. The van der Waals surface area contributed by atoms with Gasteiger partial charge < -0.3 is 9.84 Å². The molecule has 0 fully saturated rings. The molecule has 0 heterocycles. The lowest BCUT2D eigenvalue weighted by Crippen LogP contribution is -2.00. The van der Waals surface area contributed by atoms with Crippen LogP contribution in [-0.4, -0.2) is 18.3 Å². The number of aliphatic hydroxyl groups is 1. The van der Waals surface area contributed by atoms with Gasteiger partial charge in [0.2, 0.25) is 0 Å². The van der Waals surface area contributed by atoms with Gasteiger partial charge in [-0.15, -0.1) is 0 Å². The van der Waals surface area contributed by atoms with Crippen molar-refractivity contribution in [1.82, 2.24) is 0 Å². The largest absolute Gasteiger partial charge is 0.489 e. The Balaban J connectivity index is 2.53. The zero-order valence-electron chi connectivity index (χ0n) is 10.4. The molecule has 5 nitrogen and oxygen atoms in total. The van der Waals surface area contributed by atoms with E-state index < -0.39 is 6.10 Å². The summed E-state index contributed by atoms with van der Waals surface area (Å²) in [6, 6.07) is 7.20. The van der Waals surface area contributed by atoms with E-state index in [-0.39, 0.29) is 6.54 Å². The number of benzene rings is 1. The van der Waals surface area contributed by atoms with Crippen molar-refractivity contribution < 1.29 is 9.84 Å². The lowest BCUT2D eigenvalue weighted by atomic mass is 10.1. The molecule has 5 heteroatoms. The predicted octanol–water partition coefficient (Wildman–Crippen LogP) is 3.38. The molecule has 1 unspecified atom stereocenters. The highest BCUT2D eigenvalue weighted by Crippen LogP contribution is 2.20. The van der Waals surface area contributed by atoms with Crippen molar-refractivity contribution in [1.29, 1.82) is 0 Å². The van der Waals surface area contributed by atoms with E-state index in [1.54, 1.807) is 24.3 Å². The molecule has 1 aromatic rings. The summed E-state index contributed by atoms with van der Waals surface area (Å²) >= 11 is 0. The zero-order chi connectivity index (χ0) is 13.4. The summed E-state index contributed by atoms with van der Waals surface area (Å²) in [5.74, 6) is 0.740. The maximum Gasteiger partial charge on any atom is 0.119 e. The maximum absolute atomic E-state index is 9.82. The molecule has 0 amide bonds. The lowest BCUT2D eigenvalue weighted by Gasteiger charge is -2.11. The molecule has 0 aliphatic heterocycles. The van der Waals surface area contributed by atoms with Gasteiger partial charge in [-0.1, -0.05) is 23.8 Å². The Bertz CT molecular complexity index is 436. The SMILES string of the molecule is C=C(C)COc1ccc(C(O)CCN=[N+]=[N-])cc1. The Morgan fingerprint density at radius 3 is 2.72 bits per heavy atom. The van der Waals surface area contributed by atoms with Crippen molar-refractivity contribution in [2.75, 3.05) is 13.2 Å². The Hall–Kier alpha value is -1.97. The highest BCUT2D eigenvalue weighted by atomic mass is 16.5. The topological polar surface area (TPSA) is 78.2 Å².